The van der Waals surface area contributed by atoms with Gasteiger partial charge in [0.05, 0.1) is 37.6 Å². The predicted molar refractivity (Wildman–Crippen MR) is 61.3 cm³/mol. The standard InChI is InChI=1S/C11H14FN3O3/c12-7-3-9(10(13)14-4-7)11(17)15-1-2-18-6-8(15)5-16/h3-4,8,16H,1-2,5-6H2,(H2,13,14). The number of aliphatic hydroxyl groups excluding tert-OH is 1. The van der Waals surface area contributed by atoms with Gasteiger partial charge >= 0.3 is 0 Å². The van der Waals surface area contributed by atoms with E-state index in [0.717, 1.165) is 12.3 Å². The van der Waals surface area contributed by atoms with Crippen LogP contribution in [0.15, 0.2) is 12.3 Å². The first kappa shape index (κ1) is 12.7. The molecule has 0 radical (unpaired) electrons. The van der Waals surface area contributed by atoms with E-state index in [1.54, 1.807) is 0 Å². The Balaban J connectivity index is 2.26. The van der Waals surface area contributed by atoms with Crippen molar-refractivity contribution in [3.05, 3.63) is 23.6 Å². The highest BCUT2D eigenvalue weighted by Gasteiger charge is 2.29. The molecule has 1 unspecified atom stereocenters. The number of nitrogen functional groups attached to an aromatic ring is 1. The predicted octanol–water partition coefficient (Wildman–Crippen LogP) is -0.364. The van der Waals surface area contributed by atoms with Crippen molar-refractivity contribution in [1.82, 2.24) is 9.88 Å². The minimum atomic E-state index is -0.624. The third-order valence-corrected chi connectivity index (χ3v) is 2.81. The van der Waals surface area contributed by atoms with Crippen LogP contribution in [0.4, 0.5) is 10.2 Å². The van der Waals surface area contributed by atoms with Crippen LogP contribution in [0.1, 0.15) is 10.4 Å². The van der Waals surface area contributed by atoms with Crippen LogP contribution in [0.5, 0.6) is 0 Å². The van der Waals surface area contributed by atoms with E-state index in [-0.39, 0.29) is 24.6 Å². The number of aromatic nitrogens is 1. The molecule has 1 fully saturated rings. The number of carbonyl (C=O) groups excluding carboxylic acids is 1. The van der Waals surface area contributed by atoms with E-state index in [9.17, 15) is 14.3 Å². The molecule has 0 saturated carbocycles. The Morgan fingerprint density at radius 2 is 2.50 bits per heavy atom. The third-order valence-electron chi connectivity index (χ3n) is 2.81. The van der Waals surface area contributed by atoms with Crippen LogP contribution in [-0.2, 0) is 4.74 Å². The van der Waals surface area contributed by atoms with E-state index in [1.807, 2.05) is 0 Å². The number of hydrogen-bond acceptors (Lipinski definition) is 5. The molecule has 0 bridgehead atoms. The number of aliphatic hydroxyl groups is 1. The van der Waals surface area contributed by atoms with Gasteiger partial charge in [-0.1, -0.05) is 0 Å². The Bertz CT molecular complexity index is 455. The molecular formula is C11H14FN3O3. The lowest BCUT2D eigenvalue weighted by molar-refractivity contribution is -0.0183. The fraction of sp³-hybridized carbons (Fsp3) is 0.455. The summed E-state index contributed by atoms with van der Waals surface area (Å²) in [6.45, 7) is 0.754. The Morgan fingerprint density at radius 3 is 3.22 bits per heavy atom. The van der Waals surface area contributed by atoms with Crippen LogP contribution in [-0.4, -0.2) is 53.3 Å². The highest BCUT2D eigenvalue weighted by Crippen LogP contribution is 2.16. The molecule has 1 aliphatic heterocycles. The number of rotatable bonds is 2. The summed E-state index contributed by atoms with van der Waals surface area (Å²) in [6, 6.07) is 0.614. The molecule has 1 aromatic heterocycles. The van der Waals surface area contributed by atoms with Crippen molar-refractivity contribution < 1.29 is 19.0 Å². The number of pyridine rings is 1. The van der Waals surface area contributed by atoms with Gasteiger partial charge in [0.2, 0.25) is 0 Å². The van der Waals surface area contributed by atoms with Crippen molar-refractivity contribution in [2.45, 2.75) is 6.04 Å². The van der Waals surface area contributed by atoms with E-state index in [4.69, 9.17) is 10.5 Å². The fourth-order valence-corrected chi connectivity index (χ4v) is 1.85. The zero-order valence-corrected chi connectivity index (χ0v) is 9.67. The van der Waals surface area contributed by atoms with Gasteiger partial charge in [0.1, 0.15) is 11.6 Å². The molecule has 18 heavy (non-hydrogen) atoms. The molecule has 1 aliphatic rings. The third kappa shape index (κ3) is 2.41. The number of morpholine rings is 1. The van der Waals surface area contributed by atoms with Crippen LogP contribution >= 0.6 is 0 Å². The summed E-state index contributed by atoms with van der Waals surface area (Å²) >= 11 is 0. The smallest absolute Gasteiger partial charge is 0.258 e. The first-order valence-corrected chi connectivity index (χ1v) is 5.54. The lowest BCUT2D eigenvalue weighted by Gasteiger charge is -2.34. The largest absolute Gasteiger partial charge is 0.394 e. The number of nitrogens with zero attached hydrogens (tertiary/aromatic N) is 2. The maximum absolute atomic E-state index is 13.1. The molecule has 0 aromatic carbocycles. The van der Waals surface area contributed by atoms with Gasteiger partial charge in [0, 0.05) is 6.54 Å². The molecule has 0 spiro atoms. The maximum atomic E-state index is 13.1. The maximum Gasteiger partial charge on any atom is 0.258 e. The van der Waals surface area contributed by atoms with Crippen molar-refractivity contribution in [3.63, 3.8) is 0 Å². The van der Waals surface area contributed by atoms with E-state index in [2.05, 4.69) is 4.98 Å². The van der Waals surface area contributed by atoms with E-state index >= 15 is 0 Å². The summed E-state index contributed by atoms with van der Waals surface area (Å²) in [5.74, 6) is -1.09. The zero-order valence-electron chi connectivity index (χ0n) is 9.67. The summed E-state index contributed by atoms with van der Waals surface area (Å²) in [5.41, 5.74) is 5.57. The van der Waals surface area contributed by atoms with Gasteiger partial charge in [-0.2, -0.15) is 0 Å². The second kappa shape index (κ2) is 5.28. The fourth-order valence-electron chi connectivity index (χ4n) is 1.85. The molecule has 1 saturated heterocycles. The molecule has 0 aliphatic carbocycles. The summed E-state index contributed by atoms with van der Waals surface area (Å²) in [4.78, 5) is 17.2. The van der Waals surface area contributed by atoms with E-state index < -0.39 is 17.8 Å². The minimum absolute atomic E-state index is 0.00958. The highest BCUT2D eigenvalue weighted by molar-refractivity contribution is 5.98. The van der Waals surface area contributed by atoms with Gasteiger partial charge in [0.15, 0.2) is 0 Å². The van der Waals surface area contributed by atoms with E-state index in [1.165, 1.54) is 4.90 Å². The van der Waals surface area contributed by atoms with Gasteiger partial charge in [-0.3, -0.25) is 4.79 Å². The molecule has 1 atom stereocenters. The number of amides is 1. The molecule has 1 aromatic rings. The number of anilines is 1. The lowest BCUT2D eigenvalue weighted by Crippen LogP contribution is -2.50. The van der Waals surface area contributed by atoms with Crippen LogP contribution < -0.4 is 5.73 Å². The lowest BCUT2D eigenvalue weighted by atomic mass is 10.1. The minimum Gasteiger partial charge on any atom is -0.394 e. The first-order chi connectivity index (χ1) is 8.63. The van der Waals surface area contributed by atoms with Crippen LogP contribution in [0.25, 0.3) is 0 Å². The van der Waals surface area contributed by atoms with Crippen molar-refractivity contribution in [2.75, 3.05) is 32.1 Å². The van der Waals surface area contributed by atoms with Gasteiger partial charge < -0.3 is 20.5 Å². The highest BCUT2D eigenvalue weighted by atomic mass is 19.1. The number of nitrogens with two attached hydrogens (primary N) is 1. The topological polar surface area (TPSA) is 88.7 Å². The summed E-state index contributed by atoms with van der Waals surface area (Å²) in [7, 11) is 0. The molecule has 1 amide bonds. The van der Waals surface area contributed by atoms with Gasteiger partial charge in [-0.15, -0.1) is 0 Å². The molecule has 3 N–H and O–H groups in total. The molecule has 98 valence electrons. The molecule has 7 heteroatoms. The average molecular weight is 255 g/mol. The summed E-state index contributed by atoms with van der Waals surface area (Å²) in [6.07, 6.45) is 0.953. The number of carbonyl (C=O) groups is 1. The normalized spacial score (nSPS) is 19.9. The van der Waals surface area contributed by atoms with Crippen LogP contribution in [0.3, 0.4) is 0 Å². The number of hydrogen-bond donors (Lipinski definition) is 2. The monoisotopic (exact) mass is 255 g/mol. The van der Waals surface area contributed by atoms with Gasteiger partial charge in [-0.05, 0) is 6.07 Å². The van der Waals surface area contributed by atoms with Crippen molar-refractivity contribution in [2.24, 2.45) is 0 Å². The number of ether oxygens (including phenoxy) is 1. The molecule has 2 rings (SSSR count). The van der Waals surface area contributed by atoms with Gasteiger partial charge in [0.25, 0.3) is 5.91 Å². The van der Waals surface area contributed by atoms with Crippen LogP contribution in [0, 0.1) is 5.82 Å². The Morgan fingerprint density at radius 1 is 1.72 bits per heavy atom. The molecule has 2 heterocycles. The summed E-state index contributed by atoms with van der Waals surface area (Å²) < 4.78 is 18.3. The quantitative estimate of drug-likeness (QED) is 0.753. The molecular weight excluding hydrogens is 241 g/mol. The first-order valence-electron chi connectivity index (χ1n) is 5.54. The van der Waals surface area contributed by atoms with Crippen LogP contribution in [0.2, 0.25) is 0 Å². The SMILES string of the molecule is Nc1ncc(F)cc1C(=O)N1CCOCC1CO. The number of halogens is 1. The zero-order chi connectivity index (χ0) is 13.1. The van der Waals surface area contributed by atoms with Crippen molar-refractivity contribution >= 4 is 11.7 Å². The Kier molecular flexibility index (Phi) is 3.73. The summed E-state index contributed by atoms with van der Waals surface area (Å²) in [5, 5.41) is 9.19. The van der Waals surface area contributed by atoms with E-state index in [0.29, 0.717) is 13.2 Å². The van der Waals surface area contributed by atoms with Crippen molar-refractivity contribution in [3.8, 4) is 0 Å². The Labute approximate surface area is 103 Å². The van der Waals surface area contributed by atoms with Gasteiger partial charge in [-0.25, -0.2) is 9.37 Å². The average Bonchev–Trinajstić information content (AvgIpc) is 2.40. The second-order valence-corrected chi connectivity index (χ2v) is 4.00. The molecule has 6 nitrogen and oxygen atoms in total. The Hall–Kier alpha value is -1.73. The van der Waals surface area contributed by atoms with Crippen molar-refractivity contribution in [1.29, 1.82) is 0 Å². The second-order valence-electron chi connectivity index (χ2n) is 4.00.